The van der Waals surface area contributed by atoms with E-state index in [9.17, 15) is 23.2 Å². The Morgan fingerprint density at radius 2 is 1.66 bits per heavy atom. The van der Waals surface area contributed by atoms with Crippen LogP contribution in [-0.2, 0) is 9.59 Å². The number of aliphatic carboxylic acids is 1. The fourth-order valence-corrected chi connectivity index (χ4v) is 3.94. The predicted octanol–water partition coefficient (Wildman–Crippen LogP) is 4.75. The quantitative estimate of drug-likeness (QED) is 0.182. The largest absolute Gasteiger partial charge is 0.480 e. The molecule has 2 aliphatic carbocycles. The maximum absolute atomic E-state index is 13.7. The highest BCUT2D eigenvalue weighted by Gasteiger charge is 2.60. The number of amides is 3. The van der Waals surface area contributed by atoms with Gasteiger partial charge in [-0.05, 0) is 119 Å². The lowest BCUT2D eigenvalue weighted by atomic mass is 10.2. The van der Waals surface area contributed by atoms with E-state index in [-0.39, 0.29) is 23.1 Å². The van der Waals surface area contributed by atoms with Crippen molar-refractivity contribution in [2.24, 2.45) is 10.7 Å². The van der Waals surface area contributed by atoms with Crippen LogP contribution < -0.4 is 16.0 Å². The molecule has 1 spiro atoms. The Morgan fingerprint density at radius 1 is 1.09 bits per heavy atom. The Bertz CT molecular complexity index is 1250. The van der Waals surface area contributed by atoms with Crippen molar-refractivity contribution in [1.29, 1.82) is 0 Å². The summed E-state index contributed by atoms with van der Waals surface area (Å²) in [6, 6.07) is 8.60. The van der Waals surface area contributed by atoms with Gasteiger partial charge in [-0.2, -0.15) is 4.99 Å². The molecule has 1 heterocycles. The Kier molecular flexibility index (Phi) is 8.57. The summed E-state index contributed by atoms with van der Waals surface area (Å²) >= 11 is 8.33. The predicted molar refractivity (Wildman–Crippen MR) is 145 cm³/mol. The molecule has 0 aromatic heterocycles. The highest BCUT2D eigenvalue weighted by molar-refractivity contribution is 14.1. The van der Waals surface area contributed by atoms with E-state index < -0.39 is 28.9 Å². The molecule has 4 N–H and O–H groups in total. The van der Waals surface area contributed by atoms with Gasteiger partial charge in [-0.3, -0.25) is 9.59 Å². The maximum atomic E-state index is 13.7. The second-order valence-corrected chi connectivity index (χ2v) is 10.7. The number of halogens is 4. The first-order chi connectivity index (χ1) is 16.4. The van der Waals surface area contributed by atoms with Crippen molar-refractivity contribution in [3.8, 4) is 0 Å². The van der Waals surface area contributed by atoms with Crippen LogP contribution in [0.4, 0.5) is 25.0 Å². The van der Waals surface area contributed by atoms with Crippen molar-refractivity contribution in [2.75, 3.05) is 4.90 Å². The Hall–Kier alpha value is -2.07. The molecular weight excluding hydrogens is 708 g/mol. The van der Waals surface area contributed by atoms with Crippen LogP contribution in [0.1, 0.15) is 25.7 Å². The summed E-state index contributed by atoms with van der Waals surface area (Å²) in [5, 5.41) is 12.9. The highest BCUT2D eigenvalue weighted by Crippen LogP contribution is 2.42. The first kappa shape index (κ1) is 27.5. The molecule has 2 aromatic carbocycles. The van der Waals surface area contributed by atoms with Gasteiger partial charge in [0.25, 0.3) is 5.91 Å². The number of carboxylic acids is 1. The number of urea groups is 1. The van der Waals surface area contributed by atoms with Crippen LogP contribution in [-0.4, -0.2) is 39.3 Å². The van der Waals surface area contributed by atoms with E-state index >= 15 is 0 Å². The summed E-state index contributed by atoms with van der Waals surface area (Å²) in [7, 11) is 0. The number of carboxylic acid groups (broad SMARTS) is 1. The van der Waals surface area contributed by atoms with Crippen molar-refractivity contribution in [2.45, 2.75) is 36.8 Å². The molecule has 2 saturated carbocycles. The Balaban J connectivity index is 0.000000163. The number of rotatable bonds is 3. The number of carbonyl (C=O) groups is 3. The summed E-state index contributed by atoms with van der Waals surface area (Å²) in [5.41, 5.74) is 3.87. The number of imide groups is 1. The van der Waals surface area contributed by atoms with E-state index in [0.717, 1.165) is 12.0 Å². The van der Waals surface area contributed by atoms with E-state index in [1.165, 1.54) is 18.2 Å². The van der Waals surface area contributed by atoms with Crippen LogP contribution in [0, 0.1) is 18.8 Å². The average molecular weight is 726 g/mol. The smallest absolute Gasteiger partial charge is 0.329 e. The molecule has 3 amide bonds. The number of nitrogens with zero attached hydrogens (tertiary/aromatic N) is 2. The third-order valence-corrected chi connectivity index (χ3v) is 6.79. The second kappa shape index (κ2) is 10.9. The third-order valence-electron chi connectivity index (χ3n) is 5.35. The lowest BCUT2D eigenvalue weighted by Crippen LogP contribution is -2.32. The summed E-state index contributed by atoms with van der Waals surface area (Å²) in [6.45, 7) is 0. The van der Waals surface area contributed by atoms with E-state index in [0.29, 0.717) is 25.7 Å². The molecule has 1 saturated heterocycles. The van der Waals surface area contributed by atoms with Crippen molar-refractivity contribution in [3.05, 3.63) is 55.2 Å². The molecule has 0 radical (unpaired) electrons. The number of aliphatic imine (C=N–C) groups is 1. The van der Waals surface area contributed by atoms with Gasteiger partial charge in [0.05, 0.1) is 10.8 Å². The normalized spacial score (nSPS) is 17.8. The number of anilines is 1. The topological polar surface area (TPSA) is 125 Å². The molecule has 13 heteroatoms. The molecular formula is C22H18F2I2N4O4S. The number of carbonyl (C=O) groups excluding carboxylic acids is 2. The molecule has 8 nitrogen and oxygen atoms in total. The molecule has 3 aliphatic rings. The first-order valence-corrected chi connectivity index (χ1v) is 12.7. The van der Waals surface area contributed by atoms with Crippen LogP contribution in [0.5, 0.6) is 0 Å². The molecule has 0 bridgehead atoms. The molecule has 0 atom stereocenters. The third kappa shape index (κ3) is 6.58. The van der Waals surface area contributed by atoms with E-state index in [2.05, 4.69) is 27.7 Å². The number of benzene rings is 2. The molecule has 1 aliphatic heterocycles. The minimum atomic E-state index is -0.868. The van der Waals surface area contributed by atoms with Crippen LogP contribution in [0.3, 0.4) is 0 Å². The highest BCUT2D eigenvalue weighted by atomic mass is 127. The molecule has 35 heavy (non-hydrogen) atoms. The van der Waals surface area contributed by atoms with Crippen LogP contribution >= 0.6 is 57.4 Å². The second-order valence-electron chi connectivity index (χ2n) is 8.01. The van der Waals surface area contributed by atoms with Gasteiger partial charge in [0.2, 0.25) is 0 Å². The number of hydrogen-bond acceptors (Lipinski definition) is 6. The zero-order chi connectivity index (χ0) is 26.0. The fourth-order valence-electron chi connectivity index (χ4n) is 2.94. The van der Waals surface area contributed by atoms with Gasteiger partial charge in [0, 0.05) is 7.14 Å². The van der Waals surface area contributed by atoms with Crippen LogP contribution in [0.15, 0.2) is 41.4 Å². The molecule has 0 unspecified atom stereocenters. The van der Waals surface area contributed by atoms with Crippen molar-refractivity contribution in [3.63, 3.8) is 0 Å². The van der Waals surface area contributed by atoms with Gasteiger partial charge in [0.1, 0.15) is 22.6 Å². The van der Waals surface area contributed by atoms with Gasteiger partial charge < -0.3 is 16.2 Å². The van der Waals surface area contributed by atoms with Gasteiger partial charge in [-0.25, -0.2) is 18.5 Å². The van der Waals surface area contributed by atoms with Gasteiger partial charge in [-0.15, -0.1) is 0 Å². The van der Waals surface area contributed by atoms with Gasteiger partial charge in [0.15, 0.2) is 5.82 Å². The molecule has 2 aromatic rings. The zero-order valence-electron chi connectivity index (χ0n) is 17.9. The molecule has 3 fully saturated rings. The van der Waals surface area contributed by atoms with E-state index in [1.54, 1.807) is 18.2 Å². The van der Waals surface area contributed by atoms with E-state index in [4.69, 9.17) is 10.8 Å². The summed E-state index contributed by atoms with van der Waals surface area (Å²) in [4.78, 5) is 38.1. The summed E-state index contributed by atoms with van der Waals surface area (Å²) < 4.78 is 28.2. The fraction of sp³-hybridized carbons (Fsp3) is 0.273. The Morgan fingerprint density at radius 3 is 2.06 bits per heavy atom. The minimum Gasteiger partial charge on any atom is -0.480 e. The summed E-state index contributed by atoms with van der Waals surface area (Å²) in [6.07, 6.45) is 2.56. The maximum Gasteiger partial charge on any atom is 0.329 e. The SMILES string of the molecule is Fc1cc(I)ccc1N=C=S.NC1(C(=O)O)CC1.O=C1NC2(CC2)C(=O)N1c1ccc(I)cc1F. The zero-order valence-corrected chi connectivity index (χ0v) is 23.0. The monoisotopic (exact) mass is 726 g/mol. The Labute approximate surface area is 231 Å². The minimum absolute atomic E-state index is 0.0247. The standard InChI is InChI=1S/C11H8FIN2O2.C7H3FINS.C4H7NO2/c12-7-5-6(13)1-2-8(7)15-9(16)11(3-4-11)14-10(15)17;8-6-3-5(9)1-2-7(6)10-4-11;5-4(1-2-4)3(6)7/h1-2,5H,3-4H2,(H,14,17);1-3H;1-2,5H2,(H,6,7). The lowest BCUT2D eigenvalue weighted by Gasteiger charge is -2.13. The van der Waals surface area contributed by atoms with Gasteiger partial charge >= 0.3 is 12.0 Å². The van der Waals surface area contributed by atoms with Gasteiger partial charge in [-0.1, -0.05) is 0 Å². The molecule has 184 valence electrons. The van der Waals surface area contributed by atoms with Crippen molar-refractivity contribution < 1.29 is 28.3 Å². The number of hydrogen-bond donors (Lipinski definition) is 3. The summed E-state index contributed by atoms with van der Waals surface area (Å²) in [5.74, 6) is -2.14. The lowest BCUT2D eigenvalue weighted by molar-refractivity contribution is -0.139. The van der Waals surface area contributed by atoms with Crippen molar-refractivity contribution in [1.82, 2.24) is 5.32 Å². The first-order valence-electron chi connectivity index (χ1n) is 10.1. The number of nitrogens with two attached hydrogens (primary N) is 1. The van der Waals surface area contributed by atoms with Crippen LogP contribution in [0.2, 0.25) is 0 Å². The van der Waals surface area contributed by atoms with Crippen LogP contribution in [0.25, 0.3) is 0 Å². The van der Waals surface area contributed by atoms with E-state index in [1.807, 2.05) is 45.2 Å². The number of nitrogens with one attached hydrogen (secondary N) is 1. The van der Waals surface area contributed by atoms with Crippen molar-refractivity contribution >= 4 is 91.8 Å². The molecule has 5 rings (SSSR count). The number of thiocarbonyl (C=S) groups is 1. The number of isothiocyanates is 1. The average Bonchev–Trinajstić information content (AvgIpc) is 3.70.